The first-order valence-corrected chi connectivity index (χ1v) is 9.71. The number of halogens is 3. The van der Waals surface area contributed by atoms with E-state index in [9.17, 15) is 19.1 Å². The van der Waals surface area contributed by atoms with Crippen LogP contribution in [-0.4, -0.2) is 16.8 Å². The molecule has 1 saturated heterocycles. The molecule has 1 atom stereocenters. The third-order valence-corrected chi connectivity index (χ3v) is 5.60. The maximum atomic E-state index is 13.5. The third-order valence-electron chi connectivity index (χ3n) is 4.86. The molecule has 1 N–H and O–H groups in total. The Bertz CT molecular complexity index is 1180. The van der Waals surface area contributed by atoms with Crippen molar-refractivity contribution in [3.05, 3.63) is 105 Å². The van der Waals surface area contributed by atoms with Crippen molar-refractivity contribution in [2.75, 3.05) is 4.90 Å². The molecule has 1 heterocycles. The minimum atomic E-state index is -0.969. The van der Waals surface area contributed by atoms with Crippen LogP contribution >= 0.6 is 23.2 Å². The first kappa shape index (κ1) is 20.1. The molecule has 3 aromatic rings. The van der Waals surface area contributed by atoms with E-state index in [0.717, 1.165) is 0 Å². The van der Waals surface area contributed by atoms with Gasteiger partial charge < -0.3 is 5.11 Å². The predicted octanol–water partition coefficient (Wildman–Crippen LogP) is 5.76. The summed E-state index contributed by atoms with van der Waals surface area (Å²) < 4.78 is 13.5. The topological polar surface area (TPSA) is 57.6 Å². The molecule has 1 aliphatic heterocycles. The van der Waals surface area contributed by atoms with Crippen molar-refractivity contribution in [2.24, 2.45) is 0 Å². The number of anilines is 1. The van der Waals surface area contributed by atoms with Crippen molar-refractivity contribution in [2.45, 2.75) is 6.04 Å². The van der Waals surface area contributed by atoms with E-state index in [1.54, 1.807) is 36.4 Å². The number of hydrogen-bond acceptors (Lipinski definition) is 3. The maximum absolute atomic E-state index is 13.5. The van der Waals surface area contributed by atoms with Gasteiger partial charge in [0.1, 0.15) is 11.6 Å². The van der Waals surface area contributed by atoms with Crippen LogP contribution in [0.1, 0.15) is 17.2 Å². The number of carbonyl (C=O) groups excluding carboxylic acids is 2. The molecule has 0 radical (unpaired) electrons. The molecule has 0 aromatic heterocycles. The van der Waals surface area contributed by atoms with Crippen molar-refractivity contribution < 1.29 is 19.1 Å². The zero-order valence-electron chi connectivity index (χ0n) is 15.4. The molecule has 0 aliphatic carbocycles. The summed E-state index contributed by atoms with van der Waals surface area (Å²) in [5.41, 5.74) is 1.08. The average Bonchev–Trinajstić information content (AvgIpc) is 3.01. The van der Waals surface area contributed by atoms with Gasteiger partial charge in [0.15, 0.2) is 0 Å². The normalized spacial score (nSPS) is 18.1. The molecule has 1 aliphatic rings. The zero-order valence-corrected chi connectivity index (χ0v) is 16.9. The maximum Gasteiger partial charge on any atom is 0.300 e. The Morgan fingerprint density at radius 2 is 1.57 bits per heavy atom. The lowest BCUT2D eigenvalue weighted by molar-refractivity contribution is -0.132. The molecule has 3 aromatic carbocycles. The van der Waals surface area contributed by atoms with Gasteiger partial charge in [0.25, 0.3) is 11.7 Å². The van der Waals surface area contributed by atoms with Gasteiger partial charge in [0.05, 0.1) is 21.7 Å². The number of amides is 1. The second-order valence-electron chi connectivity index (χ2n) is 6.69. The van der Waals surface area contributed by atoms with Gasteiger partial charge in [-0.25, -0.2) is 4.39 Å². The van der Waals surface area contributed by atoms with E-state index in [0.29, 0.717) is 21.8 Å². The van der Waals surface area contributed by atoms with Gasteiger partial charge in [-0.15, -0.1) is 0 Å². The Morgan fingerprint density at radius 3 is 2.20 bits per heavy atom. The van der Waals surface area contributed by atoms with Crippen LogP contribution in [0.3, 0.4) is 0 Å². The van der Waals surface area contributed by atoms with Crippen molar-refractivity contribution in [1.82, 2.24) is 0 Å². The lowest BCUT2D eigenvalue weighted by atomic mass is 9.95. The van der Waals surface area contributed by atoms with Crippen LogP contribution in [0.15, 0.2) is 78.4 Å². The summed E-state index contributed by atoms with van der Waals surface area (Å²) in [6.45, 7) is 0. The van der Waals surface area contributed by atoms with Crippen molar-refractivity contribution >= 4 is 46.3 Å². The van der Waals surface area contributed by atoms with E-state index < -0.39 is 23.5 Å². The molecule has 0 bridgehead atoms. The molecule has 1 fully saturated rings. The summed E-state index contributed by atoms with van der Waals surface area (Å²) in [6, 6.07) is 17.4. The van der Waals surface area contributed by atoms with Crippen LogP contribution in [0.5, 0.6) is 0 Å². The van der Waals surface area contributed by atoms with Crippen molar-refractivity contribution in [3.63, 3.8) is 0 Å². The molecule has 7 heteroatoms. The fourth-order valence-corrected chi connectivity index (χ4v) is 3.74. The van der Waals surface area contributed by atoms with Gasteiger partial charge in [-0.05, 0) is 35.9 Å². The largest absolute Gasteiger partial charge is 0.507 e. The Balaban J connectivity index is 1.95. The second kappa shape index (κ2) is 7.94. The van der Waals surface area contributed by atoms with Crippen molar-refractivity contribution in [1.29, 1.82) is 0 Å². The van der Waals surface area contributed by atoms with E-state index in [2.05, 4.69) is 0 Å². The summed E-state index contributed by atoms with van der Waals surface area (Å²) in [6.07, 6.45) is 0. The Morgan fingerprint density at radius 1 is 0.900 bits per heavy atom. The Labute approximate surface area is 181 Å². The molecule has 4 nitrogen and oxygen atoms in total. The summed E-state index contributed by atoms with van der Waals surface area (Å²) in [4.78, 5) is 27.2. The lowest BCUT2D eigenvalue weighted by Crippen LogP contribution is -2.29. The van der Waals surface area contributed by atoms with E-state index in [-0.39, 0.29) is 16.4 Å². The second-order valence-corrected chi connectivity index (χ2v) is 7.50. The highest BCUT2D eigenvalue weighted by Gasteiger charge is 2.47. The van der Waals surface area contributed by atoms with E-state index in [1.165, 1.54) is 41.3 Å². The number of aliphatic hydroxyl groups excluding tert-OH is 1. The minimum absolute atomic E-state index is 0.0936. The number of ketones is 1. The lowest BCUT2D eigenvalue weighted by Gasteiger charge is -2.25. The highest BCUT2D eigenvalue weighted by atomic mass is 35.5. The fourth-order valence-electron chi connectivity index (χ4n) is 3.45. The van der Waals surface area contributed by atoms with Crippen LogP contribution in [0, 0.1) is 5.82 Å². The smallest absolute Gasteiger partial charge is 0.300 e. The highest BCUT2D eigenvalue weighted by Crippen LogP contribution is 2.43. The van der Waals surface area contributed by atoms with Crippen LogP contribution < -0.4 is 4.90 Å². The molecule has 0 spiro atoms. The molecular formula is C23H14Cl2FNO3. The van der Waals surface area contributed by atoms with Gasteiger partial charge in [-0.1, -0.05) is 65.7 Å². The van der Waals surface area contributed by atoms with E-state index in [1.807, 2.05) is 0 Å². The monoisotopic (exact) mass is 441 g/mol. The van der Waals surface area contributed by atoms with Gasteiger partial charge in [-0.2, -0.15) is 0 Å². The first-order valence-electron chi connectivity index (χ1n) is 8.95. The van der Waals surface area contributed by atoms with E-state index in [4.69, 9.17) is 23.2 Å². The summed E-state index contributed by atoms with van der Waals surface area (Å²) in [5.74, 6) is -2.46. The van der Waals surface area contributed by atoms with Crippen LogP contribution in [0.2, 0.25) is 10.0 Å². The number of rotatable bonds is 3. The molecule has 0 saturated carbocycles. The van der Waals surface area contributed by atoms with E-state index >= 15 is 0 Å². The molecule has 4 rings (SSSR count). The summed E-state index contributed by atoms with van der Waals surface area (Å²) in [7, 11) is 0. The number of hydrogen-bond donors (Lipinski definition) is 1. The highest BCUT2D eigenvalue weighted by molar-refractivity contribution is 6.52. The van der Waals surface area contributed by atoms with Gasteiger partial charge >= 0.3 is 0 Å². The minimum Gasteiger partial charge on any atom is -0.507 e. The third kappa shape index (κ3) is 3.47. The van der Waals surface area contributed by atoms with Crippen molar-refractivity contribution in [3.8, 4) is 0 Å². The zero-order chi connectivity index (χ0) is 21.4. The average molecular weight is 442 g/mol. The van der Waals surface area contributed by atoms with Crippen LogP contribution in [0.25, 0.3) is 5.76 Å². The first-order chi connectivity index (χ1) is 14.4. The molecule has 1 unspecified atom stereocenters. The number of nitrogens with zero attached hydrogens (tertiary/aromatic N) is 1. The molecule has 1 amide bonds. The van der Waals surface area contributed by atoms with Crippen LogP contribution in [-0.2, 0) is 9.59 Å². The SMILES string of the molecule is O=C1C(=O)N(c2ccc(Cl)c(Cl)c2)C(c2ccc(F)cc2)/C1=C(\O)c1ccccc1. The number of aliphatic hydroxyl groups is 1. The van der Waals surface area contributed by atoms with Gasteiger partial charge in [0, 0.05) is 11.3 Å². The molecule has 30 heavy (non-hydrogen) atoms. The summed E-state index contributed by atoms with van der Waals surface area (Å²) >= 11 is 12.1. The molecule has 150 valence electrons. The van der Waals surface area contributed by atoms with Crippen LogP contribution in [0.4, 0.5) is 10.1 Å². The number of benzene rings is 3. The Kier molecular flexibility index (Phi) is 5.33. The Hall–Kier alpha value is -3.15. The standard InChI is InChI=1S/C23H14Cl2FNO3/c24-17-11-10-16(12-18(17)25)27-20(13-6-8-15(26)9-7-13)19(22(29)23(27)30)21(28)14-4-2-1-3-5-14/h1-12,20,28H/b21-19+. The summed E-state index contributed by atoms with van der Waals surface area (Å²) in [5, 5.41) is 11.4. The van der Waals surface area contributed by atoms with Gasteiger partial charge in [-0.3, -0.25) is 14.5 Å². The number of carbonyl (C=O) groups is 2. The fraction of sp³-hybridized carbons (Fsp3) is 0.0435. The molecular weight excluding hydrogens is 428 g/mol. The predicted molar refractivity (Wildman–Crippen MR) is 114 cm³/mol. The van der Waals surface area contributed by atoms with Gasteiger partial charge in [0.2, 0.25) is 0 Å². The quantitative estimate of drug-likeness (QED) is 0.319. The number of Topliss-reactive ketones (excluding diaryl/α,β-unsaturated/α-hetero) is 1.